The van der Waals surface area contributed by atoms with Gasteiger partial charge in [-0.3, -0.25) is 9.59 Å². The molecule has 0 unspecified atom stereocenters. The summed E-state index contributed by atoms with van der Waals surface area (Å²) in [5.41, 5.74) is 2.09. The van der Waals surface area contributed by atoms with Gasteiger partial charge in [0, 0.05) is 5.56 Å². The van der Waals surface area contributed by atoms with E-state index in [0.717, 1.165) is 23.9 Å². The Morgan fingerprint density at radius 1 is 0.957 bits per heavy atom. The van der Waals surface area contributed by atoms with Crippen molar-refractivity contribution in [3.8, 4) is 0 Å². The minimum absolute atomic E-state index is 0.207. The molecular weight excluding hydrogens is 308 g/mol. The Kier molecular flexibility index (Phi) is 4.90. The maximum Gasteiger partial charge on any atom is 0.298 e. The fourth-order valence-corrected chi connectivity index (χ4v) is 3.18. The molecule has 0 radical (unpaired) electrons. The highest BCUT2D eigenvalue weighted by Crippen LogP contribution is 2.31. The van der Waals surface area contributed by atoms with Crippen molar-refractivity contribution in [2.75, 3.05) is 6.67 Å². The zero-order valence-electron chi connectivity index (χ0n) is 12.5. The first-order valence-electron chi connectivity index (χ1n) is 7.40. The molecule has 1 saturated heterocycles. The summed E-state index contributed by atoms with van der Waals surface area (Å²) in [5, 5.41) is 1.75. The van der Waals surface area contributed by atoms with Crippen LogP contribution in [0.2, 0.25) is 0 Å². The fraction of sp³-hybridized carbons (Fsp3) is 0.111. The number of carbonyl (C=O) groups is 2. The first-order chi connectivity index (χ1) is 11.2. The predicted molar refractivity (Wildman–Crippen MR) is 91.2 cm³/mol. The van der Waals surface area contributed by atoms with E-state index in [-0.39, 0.29) is 11.1 Å². The molecule has 116 valence electrons. The minimum Gasteiger partial charge on any atom is -0.325 e. The van der Waals surface area contributed by atoms with Crippen molar-refractivity contribution in [1.82, 2.24) is 4.90 Å². The second kappa shape index (κ2) is 7.26. The third-order valence-electron chi connectivity index (χ3n) is 3.51. The van der Waals surface area contributed by atoms with E-state index in [9.17, 15) is 9.59 Å². The van der Waals surface area contributed by atoms with Crippen molar-refractivity contribution in [2.45, 2.75) is 6.54 Å². The normalized spacial score (nSPS) is 16.3. The summed E-state index contributed by atoms with van der Waals surface area (Å²) < 4.78 is 0. The summed E-state index contributed by atoms with van der Waals surface area (Å²) in [4.78, 5) is 26.2. The molecule has 23 heavy (non-hydrogen) atoms. The largest absolute Gasteiger partial charge is 0.325 e. The maximum absolute atomic E-state index is 12.4. The summed E-state index contributed by atoms with van der Waals surface area (Å²) in [5.74, 6) is -0.215. The van der Waals surface area contributed by atoms with E-state index in [0.29, 0.717) is 11.6 Å². The monoisotopic (exact) mass is 325 g/mol. The van der Waals surface area contributed by atoms with Gasteiger partial charge in [-0.2, -0.15) is 0 Å². The van der Waals surface area contributed by atoms with Gasteiger partial charge in [0.05, 0.1) is 4.91 Å². The van der Waals surface area contributed by atoms with Crippen LogP contribution >= 0.6 is 11.8 Å². The number of hydrogen-bond donors (Lipinski definition) is 1. The Morgan fingerprint density at radius 3 is 2.30 bits per heavy atom. The van der Waals surface area contributed by atoms with Gasteiger partial charge in [0.1, 0.15) is 6.54 Å². The van der Waals surface area contributed by atoms with Crippen LogP contribution in [0.3, 0.4) is 0 Å². The van der Waals surface area contributed by atoms with Crippen LogP contribution in [0.4, 0.5) is 4.79 Å². The summed E-state index contributed by atoms with van der Waals surface area (Å²) >= 11 is 1.00. The van der Waals surface area contributed by atoms with Crippen molar-refractivity contribution in [3.63, 3.8) is 0 Å². The maximum atomic E-state index is 12.4. The molecule has 1 fully saturated rings. The Morgan fingerprint density at radius 2 is 1.61 bits per heavy atom. The van der Waals surface area contributed by atoms with E-state index in [1.54, 1.807) is 6.08 Å². The van der Waals surface area contributed by atoms with Crippen LogP contribution in [-0.4, -0.2) is 22.7 Å². The van der Waals surface area contributed by atoms with Gasteiger partial charge in [0.25, 0.3) is 11.1 Å². The summed E-state index contributed by atoms with van der Waals surface area (Å²) in [6, 6.07) is 19.5. The number of carbonyl (C=O) groups excluding carboxylic acids is 2. The van der Waals surface area contributed by atoms with Gasteiger partial charge in [0.2, 0.25) is 0 Å². The summed E-state index contributed by atoms with van der Waals surface area (Å²) in [7, 11) is 0. The van der Waals surface area contributed by atoms with Crippen LogP contribution in [0.15, 0.2) is 65.6 Å². The SMILES string of the molecule is O=C1SC(=Cc2ccccc2)C(=O)N1C[NH2+]Cc1ccccc1. The van der Waals surface area contributed by atoms with E-state index >= 15 is 0 Å². The Hall–Kier alpha value is -2.37. The molecule has 0 aliphatic carbocycles. The molecule has 0 spiro atoms. The predicted octanol–water partition coefficient (Wildman–Crippen LogP) is 2.44. The zero-order chi connectivity index (χ0) is 16.1. The third kappa shape index (κ3) is 3.88. The molecule has 3 rings (SSSR count). The quantitative estimate of drug-likeness (QED) is 0.859. The van der Waals surface area contributed by atoms with Gasteiger partial charge >= 0.3 is 0 Å². The number of nitrogens with two attached hydrogens (primary N) is 1. The lowest BCUT2D eigenvalue weighted by atomic mass is 10.2. The molecule has 1 heterocycles. The number of thioether (sulfide) groups is 1. The van der Waals surface area contributed by atoms with Gasteiger partial charge in [-0.15, -0.1) is 0 Å². The Bertz CT molecular complexity index is 729. The number of rotatable bonds is 5. The average molecular weight is 325 g/mol. The fourth-order valence-electron chi connectivity index (χ4n) is 2.33. The molecule has 2 aromatic carbocycles. The molecule has 0 bridgehead atoms. The van der Waals surface area contributed by atoms with Crippen molar-refractivity contribution < 1.29 is 14.9 Å². The molecule has 1 aliphatic rings. The highest BCUT2D eigenvalue weighted by molar-refractivity contribution is 8.18. The Balaban J connectivity index is 1.62. The molecule has 4 nitrogen and oxygen atoms in total. The van der Waals surface area contributed by atoms with Crippen LogP contribution in [0.5, 0.6) is 0 Å². The zero-order valence-corrected chi connectivity index (χ0v) is 13.3. The number of nitrogens with zero attached hydrogens (tertiary/aromatic N) is 1. The van der Waals surface area contributed by atoms with Crippen LogP contribution < -0.4 is 5.32 Å². The molecule has 1 aliphatic heterocycles. The number of amides is 2. The topological polar surface area (TPSA) is 54.0 Å². The van der Waals surface area contributed by atoms with Crippen LogP contribution in [0, 0.1) is 0 Å². The molecule has 0 aromatic heterocycles. The van der Waals surface area contributed by atoms with Crippen LogP contribution in [0.1, 0.15) is 11.1 Å². The summed E-state index contributed by atoms with van der Waals surface area (Å²) in [6.45, 7) is 1.08. The molecule has 0 saturated carbocycles. The standard InChI is InChI=1S/C18H16N2O2S/c21-17-16(11-14-7-3-1-4-8-14)23-18(22)20(17)13-19-12-15-9-5-2-6-10-15/h1-11,19H,12-13H2/p+1. The Labute approximate surface area is 139 Å². The second-order valence-corrected chi connectivity index (χ2v) is 6.17. The lowest BCUT2D eigenvalue weighted by Gasteiger charge is -2.10. The third-order valence-corrected chi connectivity index (χ3v) is 4.41. The van der Waals surface area contributed by atoms with Gasteiger partial charge in [-0.1, -0.05) is 60.7 Å². The lowest BCUT2D eigenvalue weighted by Crippen LogP contribution is -2.86. The van der Waals surface area contributed by atoms with Gasteiger partial charge in [0.15, 0.2) is 6.67 Å². The van der Waals surface area contributed by atoms with Crippen LogP contribution in [0.25, 0.3) is 6.08 Å². The van der Waals surface area contributed by atoms with Gasteiger partial charge in [-0.05, 0) is 23.4 Å². The minimum atomic E-state index is -0.215. The highest BCUT2D eigenvalue weighted by atomic mass is 32.2. The second-order valence-electron chi connectivity index (χ2n) is 5.18. The molecule has 2 N–H and O–H groups in total. The average Bonchev–Trinajstić information content (AvgIpc) is 2.84. The van der Waals surface area contributed by atoms with Gasteiger partial charge < -0.3 is 5.32 Å². The van der Waals surface area contributed by atoms with Crippen molar-refractivity contribution in [1.29, 1.82) is 0 Å². The molecular formula is C18H17N2O2S+. The van der Waals surface area contributed by atoms with E-state index in [2.05, 4.69) is 0 Å². The molecule has 0 atom stereocenters. The van der Waals surface area contributed by atoms with Crippen molar-refractivity contribution in [2.24, 2.45) is 0 Å². The number of imide groups is 1. The smallest absolute Gasteiger partial charge is 0.298 e. The van der Waals surface area contributed by atoms with Crippen molar-refractivity contribution >= 4 is 29.0 Å². The lowest BCUT2D eigenvalue weighted by molar-refractivity contribution is -0.681. The molecule has 2 amide bonds. The number of hydrogen-bond acceptors (Lipinski definition) is 3. The van der Waals surface area contributed by atoms with Gasteiger partial charge in [-0.25, -0.2) is 4.90 Å². The van der Waals surface area contributed by atoms with E-state index in [1.807, 2.05) is 66.0 Å². The number of benzene rings is 2. The van der Waals surface area contributed by atoms with Crippen LogP contribution in [-0.2, 0) is 11.3 Å². The molecule has 5 heteroatoms. The van der Waals surface area contributed by atoms with E-state index in [1.165, 1.54) is 10.5 Å². The first kappa shape index (κ1) is 15.5. The van der Waals surface area contributed by atoms with E-state index in [4.69, 9.17) is 0 Å². The highest BCUT2D eigenvalue weighted by Gasteiger charge is 2.35. The number of quaternary nitrogens is 1. The first-order valence-corrected chi connectivity index (χ1v) is 8.22. The van der Waals surface area contributed by atoms with E-state index < -0.39 is 0 Å². The molecule has 2 aromatic rings. The van der Waals surface area contributed by atoms with Crippen molar-refractivity contribution in [3.05, 3.63) is 76.7 Å². The summed E-state index contributed by atoms with van der Waals surface area (Å²) in [6.07, 6.45) is 1.77.